The van der Waals surface area contributed by atoms with Gasteiger partial charge in [-0.1, -0.05) is 32.9 Å². The molecule has 0 bridgehead atoms. The summed E-state index contributed by atoms with van der Waals surface area (Å²) in [7, 11) is 0. The molecule has 1 aromatic rings. The first kappa shape index (κ1) is 14.1. The van der Waals surface area contributed by atoms with Crippen LogP contribution in [0.2, 0.25) is 0 Å². The Labute approximate surface area is 103 Å². The van der Waals surface area contributed by atoms with E-state index in [1.54, 1.807) is 0 Å². The summed E-state index contributed by atoms with van der Waals surface area (Å²) in [4.78, 5) is 6.51. The summed E-state index contributed by atoms with van der Waals surface area (Å²) in [5.41, 5.74) is -0.113. The van der Waals surface area contributed by atoms with Crippen LogP contribution >= 0.6 is 0 Å². The van der Waals surface area contributed by atoms with E-state index < -0.39 is 0 Å². The maximum atomic E-state index is 8.97. The molecule has 5 heteroatoms. The van der Waals surface area contributed by atoms with Gasteiger partial charge >= 0.3 is 0 Å². The summed E-state index contributed by atoms with van der Waals surface area (Å²) in [5.74, 6) is 1.35. The molecule has 0 unspecified atom stereocenters. The van der Waals surface area contributed by atoms with Gasteiger partial charge in [-0.3, -0.25) is 4.90 Å². The molecule has 0 aliphatic carbocycles. The van der Waals surface area contributed by atoms with Crippen molar-refractivity contribution in [2.45, 2.75) is 46.1 Å². The lowest BCUT2D eigenvalue weighted by Gasteiger charge is -2.18. The van der Waals surface area contributed by atoms with Gasteiger partial charge in [0.1, 0.15) is 0 Å². The van der Waals surface area contributed by atoms with Crippen LogP contribution in [0.5, 0.6) is 0 Å². The molecule has 98 valence electrons. The second-order valence-corrected chi connectivity index (χ2v) is 5.27. The quantitative estimate of drug-likeness (QED) is 0.819. The van der Waals surface area contributed by atoms with E-state index in [1.807, 2.05) is 20.8 Å². The van der Waals surface area contributed by atoms with Gasteiger partial charge in [0, 0.05) is 12.0 Å². The van der Waals surface area contributed by atoms with Gasteiger partial charge in [-0.2, -0.15) is 4.98 Å². The molecule has 0 fully saturated rings. The van der Waals surface area contributed by atoms with Crippen LogP contribution in [0.3, 0.4) is 0 Å². The Morgan fingerprint density at radius 2 is 2.00 bits per heavy atom. The van der Waals surface area contributed by atoms with E-state index in [1.165, 1.54) is 0 Å². The Morgan fingerprint density at radius 3 is 2.47 bits per heavy atom. The molecule has 5 nitrogen and oxygen atoms in total. The molecular formula is C12H23N3O2. The second-order valence-electron chi connectivity index (χ2n) is 5.27. The van der Waals surface area contributed by atoms with Crippen LogP contribution in [0.1, 0.15) is 45.8 Å². The first-order chi connectivity index (χ1) is 7.97. The average Bonchev–Trinajstić information content (AvgIpc) is 2.66. The van der Waals surface area contributed by atoms with E-state index in [0.717, 1.165) is 13.0 Å². The van der Waals surface area contributed by atoms with Gasteiger partial charge in [-0.05, 0) is 13.0 Å². The van der Waals surface area contributed by atoms with Crippen molar-refractivity contribution in [2.75, 3.05) is 19.7 Å². The third-order valence-corrected chi connectivity index (χ3v) is 2.43. The highest BCUT2D eigenvalue weighted by atomic mass is 16.5. The topological polar surface area (TPSA) is 62.4 Å². The normalized spacial score (nSPS) is 12.4. The monoisotopic (exact) mass is 241 g/mol. The largest absolute Gasteiger partial charge is 0.395 e. The van der Waals surface area contributed by atoms with Gasteiger partial charge in [0.15, 0.2) is 5.82 Å². The highest BCUT2D eigenvalue weighted by Gasteiger charge is 2.22. The second kappa shape index (κ2) is 6.12. The van der Waals surface area contributed by atoms with Crippen molar-refractivity contribution in [3.63, 3.8) is 0 Å². The maximum Gasteiger partial charge on any atom is 0.232 e. The van der Waals surface area contributed by atoms with Crippen molar-refractivity contribution in [1.29, 1.82) is 0 Å². The van der Waals surface area contributed by atoms with Crippen molar-refractivity contribution in [2.24, 2.45) is 0 Å². The fourth-order valence-electron chi connectivity index (χ4n) is 1.55. The molecule has 0 atom stereocenters. The molecule has 0 saturated carbocycles. The van der Waals surface area contributed by atoms with E-state index in [4.69, 9.17) is 9.63 Å². The summed E-state index contributed by atoms with van der Waals surface area (Å²) in [5, 5.41) is 12.9. The molecule has 17 heavy (non-hydrogen) atoms. The summed E-state index contributed by atoms with van der Waals surface area (Å²) < 4.78 is 5.24. The van der Waals surface area contributed by atoms with Crippen LogP contribution in [0, 0.1) is 0 Å². The van der Waals surface area contributed by atoms with Crippen LogP contribution in [0.4, 0.5) is 0 Å². The fourth-order valence-corrected chi connectivity index (χ4v) is 1.55. The predicted octanol–water partition coefficient (Wildman–Crippen LogP) is 1.57. The van der Waals surface area contributed by atoms with Crippen molar-refractivity contribution in [3.8, 4) is 0 Å². The minimum atomic E-state index is -0.113. The minimum Gasteiger partial charge on any atom is -0.395 e. The van der Waals surface area contributed by atoms with E-state index in [9.17, 15) is 0 Å². The number of aliphatic hydroxyl groups excluding tert-OH is 1. The number of hydrogen-bond acceptors (Lipinski definition) is 5. The molecule has 0 spiro atoms. The zero-order valence-electron chi connectivity index (χ0n) is 11.2. The summed E-state index contributed by atoms with van der Waals surface area (Å²) >= 11 is 0. The van der Waals surface area contributed by atoms with Gasteiger partial charge in [-0.15, -0.1) is 0 Å². The lowest BCUT2D eigenvalue weighted by Crippen LogP contribution is -2.27. The third-order valence-electron chi connectivity index (χ3n) is 2.43. The van der Waals surface area contributed by atoms with Gasteiger partial charge < -0.3 is 9.63 Å². The number of rotatable bonds is 6. The maximum absolute atomic E-state index is 8.97. The fraction of sp³-hybridized carbons (Fsp3) is 0.833. The van der Waals surface area contributed by atoms with Gasteiger partial charge in [0.2, 0.25) is 5.89 Å². The van der Waals surface area contributed by atoms with E-state index in [0.29, 0.717) is 24.8 Å². The summed E-state index contributed by atoms with van der Waals surface area (Å²) in [6, 6.07) is 0. The molecule has 0 radical (unpaired) electrons. The van der Waals surface area contributed by atoms with Gasteiger partial charge in [0.25, 0.3) is 0 Å². The third kappa shape index (κ3) is 4.44. The number of hydrogen-bond donors (Lipinski definition) is 1. The van der Waals surface area contributed by atoms with Crippen LogP contribution in [-0.2, 0) is 12.0 Å². The van der Waals surface area contributed by atoms with Crippen LogP contribution < -0.4 is 0 Å². The van der Waals surface area contributed by atoms with Gasteiger partial charge in [0.05, 0.1) is 13.2 Å². The average molecular weight is 241 g/mol. The van der Waals surface area contributed by atoms with Crippen molar-refractivity contribution < 1.29 is 9.63 Å². The highest BCUT2D eigenvalue weighted by molar-refractivity contribution is 4.98. The summed E-state index contributed by atoms with van der Waals surface area (Å²) in [6.45, 7) is 10.6. The van der Waals surface area contributed by atoms with Crippen molar-refractivity contribution >= 4 is 0 Å². The lowest BCUT2D eigenvalue weighted by atomic mass is 9.97. The minimum absolute atomic E-state index is 0.113. The zero-order chi connectivity index (χ0) is 12.9. The first-order valence-electron chi connectivity index (χ1n) is 6.13. The number of aromatic nitrogens is 2. The van der Waals surface area contributed by atoms with E-state index in [-0.39, 0.29) is 12.0 Å². The molecule has 0 amide bonds. The molecule has 0 aliphatic heterocycles. The molecule has 0 aromatic carbocycles. The van der Waals surface area contributed by atoms with Crippen molar-refractivity contribution in [3.05, 3.63) is 11.7 Å². The molecular weight excluding hydrogens is 218 g/mol. The highest BCUT2D eigenvalue weighted by Crippen LogP contribution is 2.19. The smallest absolute Gasteiger partial charge is 0.232 e. The molecule has 1 heterocycles. The van der Waals surface area contributed by atoms with E-state index >= 15 is 0 Å². The molecule has 0 aliphatic rings. The van der Waals surface area contributed by atoms with Crippen LogP contribution in [-0.4, -0.2) is 39.8 Å². The number of aliphatic hydroxyl groups is 1. The van der Waals surface area contributed by atoms with Crippen LogP contribution in [0.25, 0.3) is 0 Å². The van der Waals surface area contributed by atoms with Gasteiger partial charge in [-0.25, -0.2) is 0 Å². The van der Waals surface area contributed by atoms with E-state index in [2.05, 4.69) is 22.0 Å². The SMILES string of the molecule is CCCN(CCO)Cc1noc(C(C)(C)C)n1. The standard InChI is InChI=1S/C12H23N3O2/c1-5-6-15(7-8-16)9-10-13-11(17-14-10)12(2,3)4/h16H,5-9H2,1-4H3. The Bertz CT molecular complexity index is 325. The predicted molar refractivity (Wildman–Crippen MR) is 65.7 cm³/mol. The molecule has 1 rings (SSSR count). The molecule has 0 saturated heterocycles. The summed E-state index contributed by atoms with van der Waals surface area (Å²) in [6.07, 6.45) is 1.05. The Hall–Kier alpha value is -0.940. The first-order valence-corrected chi connectivity index (χ1v) is 6.13. The molecule has 1 aromatic heterocycles. The Kier molecular flexibility index (Phi) is 5.08. The Morgan fingerprint density at radius 1 is 1.29 bits per heavy atom. The zero-order valence-corrected chi connectivity index (χ0v) is 11.2. The number of nitrogens with zero attached hydrogens (tertiary/aromatic N) is 3. The Balaban J connectivity index is 2.63. The molecule has 1 N–H and O–H groups in total. The lowest BCUT2D eigenvalue weighted by molar-refractivity contribution is 0.186. The van der Waals surface area contributed by atoms with Crippen LogP contribution in [0.15, 0.2) is 4.52 Å². The van der Waals surface area contributed by atoms with Crippen molar-refractivity contribution in [1.82, 2.24) is 15.0 Å².